The van der Waals surface area contributed by atoms with Gasteiger partial charge < -0.3 is 9.84 Å². The van der Waals surface area contributed by atoms with Crippen LogP contribution in [0.2, 0.25) is 0 Å². The molecule has 0 aromatic rings. The molecule has 1 saturated carbocycles. The van der Waals surface area contributed by atoms with E-state index in [1.165, 1.54) is 0 Å². The van der Waals surface area contributed by atoms with E-state index in [2.05, 4.69) is 0 Å². The van der Waals surface area contributed by atoms with E-state index in [9.17, 15) is 9.90 Å². The van der Waals surface area contributed by atoms with E-state index in [4.69, 9.17) is 4.74 Å². The summed E-state index contributed by atoms with van der Waals surface area (Å²) >= 11 is 0. The van der Waals surface area contributed by atoms with Crippen LogP contribution >= 0.6 is 0 Å². The van der Waals surface area contributed by atoms with Crippen molar-refractivity contribution in [3.63, 3.8) is 0 Å². The SMILES string of the molecule is C[C@H]1C(=O)O[C@H]2CCCC[C@@]21O. The lowest BCUT2D eigenvalue weighted by molar-refractivity contribution is -0.144. The largest absolute Gasteiger partial charge is 0.459 e. The molecular weight excluding hydrogens is 156 g/mol. The predicted molar refractivity (Wildman–Crippen MR) is 42.5 cm³/mol. The van der Waals surface area contributed by atoms with Crippen LogP contribution < -0.4 is 0 Å². The zero-order valence-electron chi connectivity index (χ0n) is 7.25. The van der Waals surface area contributed by atoms with Crippen LogP contribution in [0.1, 0.15) is 32.6 Å². The van der Waals surface area contributed by atoms with Gasteiger partial charge in [0.15, 0.2) is 0 Å². The lowest BCUT2D eigenvalue weighted by Gasteiger charge is -2.33. The van der Waals surface area contributed by atoms with Crippen molar-refractivity contribution in [3.8, 4) is 0 Å². The van der Waals surface area contributed by atoms with Gasteiger partial charge in [0.1, 0.15) is 11.7 Å². The summed E-state index contributed by atoms with van der Waals surface area (Å²) in [6.45, 7) is 1.76. The third-order valence-electron chi connectivity index (χ3n) is 3.21. The van der Waals surface area contributed by atoms with Crippen molar-refractivity contribution in [2.75, 3.05) is 0 Å². The van der Waals surface area contributed by atoms with Crippen molar-refractivity contribution in [2.24, 2.45) is 5.92 Å². The third kappa shape index (κ3) is 0.891. The molecule has 3 atom stereocenters. The Morgan fingerprint density at radius 3 is 3.00 bits per heavy atom. The normalized spacial score (nSPS) is 47.0. The van der Waals surface area contributed by atoms with Gasteiger partial charge in [-0.05, 0) is 26.2 Å². The van der Waals surface area contributed by atoms with E-state index < -0.39 is 5.60 Å². The maximum Gasteiger partial charge on any atom is 0.312 e. The summed E-state index contributed by atoms with van der Waals surface area (Å²) in [7, 11) is 0. The first kappa shape index (κ1) is 8.05. The van der Waals surface area contributed by atoms with Crippen molar-refractivity contribution in [2.45, 2.75) is 44.3 Å². The molecule has 0 aromatic carbocycles. The molecule has 2 aliphatic rings. The lowest BCUT2D eigenvalue weighted by atomic mass is 9.76. The topological polar surface area (TPSA) is 46.5 Å². The minimum absolute atomic E-state index is 0.228. The molecule has 0 radical (unpaired) electrons. The predicted octanol–water partition coefficient (Wildman–Crippen LogP) is 0.853. The molecule has 0 amide bonds. The third-order valence-corrected chi connectivity index (χ3v) is 3.21. The van der Waals surface area contributed by atoms with E-state index in [1.807, 2.05) is 0 Å². The first-order valence-electron chi connectivity index (χ1n) is 4.57. The maximum absolute atomic E-state index is 11.2. The Labute approximate surface area is 71.7 Å². The number of rotatable bonds is 0. The summed E-state index contributed by atoms with van der Waals surface area (Å²) < 4.78 is 5.09. The quantitative estimate of drug-likeness (QED) is 0.548. The number of ether oxygens (including phenoxy) is 1. The molecule has 0 bridgehead atoms. The van der Waals surface area contributed by atoms with Crippen molar-refractivity contribution in [3.05, 3.63) is 0 Å². The highest BCUT2D eigenvalue weighted by atomic mass is 16.6. The molecule has 68 valence electrons. The highest BCUT2D eigenvalue weighted by molar-refractivity contribution is 5.76. The highest BCUT2D eigenvalue weighted by Gasteiger charge is 2.54. The second-order valence-corrected chi connectivity index (χ2v) is 3.88. The Balaban J connectivity index is 2.25. The fourth-order valence-electron chi connectivity index (χ4n) is 2.25. The summed E-state index contributed by atoms with van der Waals surface area (Å²) in [5, 5.41) is 10.1. The molecule has 0 aromatic heterocycles. The van der Waals surface area contributed by atoms with Crippen molar-refractivity contribution in [1.82, 2.24) is 0 Å². The Morgan fingerprint density at radius 1 is 1.58 bits per heavy atom. The van der Waals surface area contributed by atoms with Crippen LogP contribution in [0.5, 0.6) is 0 Å². The minimum atomic E-state index is -0.852. The average Bonchev–Trinajstić information content (AvgIpc) is 2.28. The number of aliphatic hydroxyl groups is 1. The van der Waals surface area contributed by atoms with E-state index in [0.29, 0.717) is 6.42 Å². The second-order valence-electron chi connectivity index (χ2n) is 3.88. The highest BCUT2D eigenvalue weighted by Crippen LogP contribution is 2.42. The van der Waals surface area contributed by atoms with Crippen LogP contribution in [0, 0.1) is 5.92 Å². The molecule has 3 heteroatoms. The molecular formula is C9H14O3. The Morgan fingerprint density at radius 2 is 2.33 bits per heavy atom. The van der Waals surface area contributed by atoms with Gasteiger partial charge >= 0.3 is 5.97 Å². The second kappa shape index (κ2) is 2.46. The molecule has 0 unspecified atom stereocenters. The smallest absolute Gasteiger partial charge is 0.312 e. The Hall–Kier alpha value is -0.570. The van der Waals surface area contributed by atoms with Crippen LogP contribution in [0.25, 0.3) is 0 Å². The molecule has 12 heavy (non-hydrogen) atoms. The Kier molecular flexibility index (Phi) is 1.65. The van der Waals surface area contributed by atoms with Crippen molar-refractivity contribution < 1.29 is 14.6 Å². The van der Waals surface area contributed by atoms with E-state index in [0.717, 1.165) is 19.3 Å². The van der Waals surface area contributed by atoms with Gasteiger partial charge in [0.25, 0.3) is 0 Å². The molecule has 2 fully saturated rings. The zero-order chi connectivity index (χ0) is 8.77. The molecule has 1 heterocycles. The van der Waals surface area contributed by atoms with Gasteiger partial charge in [0.2, 0.25) is 0 Å². The summed E-state index contributed by atoms with van der Waals surface area (Å²) in [5.41, 5.74) is -0.852. The van der Waals surface area contributed by atoms with Gasteiger partial charge in [0, 0.05) is 0 Å². The van der Waals surface area contributed by atoms with E-state index >= 15 is 0 Å². The summed E-state index contributed by atoms with van der Waals surface area (Å²) in [6, 6.07) is 0. The fraction of sp³-hybridized carbons (Fsp3) is 0.889. The monoisotopic (exact) mass is 170 g/mol. The van der Waals surface area contributed by atoms with Gasteiger partial charge in [-0.2, -0.15) is 0 Å². The van der Waals surface area contributed by atoms with E-state index in [-0.39, 0.29) is 18.0 Å². The van der Waals surface area contributed by atoms with Gasteiger partial charge in [0.05, 0.1) is 5.92 Å². The molecule has 1 aliphatic carbocycles. The Bertz CT molecular complexity index is 214. The van der Waals surface area contributed by atoms with Crippen molar-refractivity contribution in [1.29, 1.82) is 0 Å². The molecule has 1 saturated heterocycles. The summed E-state index contributed by atoms with van der Waals surface area (Å²) in [6.07, 6.45) is 3.38. The van der Waals surface area contributed by atoms with E-state index in [1.54, 1.807) is 6.92 Å². The number of esters is 1. The van der Waals surface area contributed by atoms with Gasteiger partial charge in [-0.25, -0.2) is 0 Å². The average molecular weight is 170 g/mol. The summed E-state index contributed by atoms with van der Waals surface area (Å²) in [4.78, 5) is 11.2. The first-order chi connectivity index (χ1) is 5.64. The standard InChI is InChI=1S/C9H14O3/c1-6-8(10)12-7-4-2-3-5-9(6,7)11/h6-7,11H,2-5H2,1H3/t6-,7-,9-/m0/s1. The zero-order valence-corrected chi connectivity index (χ0v) is 7.25. The van der Waals surface area contributed by atoms with Crippen molar-refractivity contribution >= 4 is 5.97 Å². The van der Waals surface area contributed by atoms with Gasteiger partial charge in [-0.3, -0.25) is 4.79 Å². The number of carbonyl (C=O) groups is 1. The number of fused-ring (bicyclic) bond motifs is 1. The van der Waals surface area contributed by atoms with Crippen LogP contribution in [-0.4, -0.2) is 22.8 Å². The number of carbonyl (C=O) groups excluding carboxylic acids is 1. The molecule has 0 spiro atoms. The molecule has 2 rings (SSSR count). The molecule has 1 aliphatic heterocycles. The molecule has 1 N–H and O–H groups in total. The van der Waals surface area contributed by atoms with Gasteiger partial charge in [-0.15, -0.1) is 0 Å². The van der Waals surface area contributed by atoms with Crippen LogP contribution in [0.15, 0.2) is 0 Å². The van der Waals surface area contributed by atoms with Crippen LogP contribution in [-0.2, 0) is 9.53 Å². The number of hydrogen-bond acceptors (Lipinski definition) is 3. The lowest BCUT2D eigenvalue weighted by Crippen LogP contribution is -2.45. The maximum atomic E-state index is 11.2. The van der Waals surface area contributed by atoms with Gasteiger partial charge in [-0.1, -0.05) is 6.42 Å². The minimum Gasteiger partial charge on any atom is -0.459 e. The first-order valence-corrected chi connectivity index (χ1v) is 4.57. The molecule has 3 nitrogen and oxygen atoms in total. The number of hydrogen-bond donors (Lipinski definition) is 1. The van der Waals surface area contributed by atoms with Crippen LogP contribution in [0.3, 0.4) is 0 Å². The fourth-order valence-corrected chi connectivity index (χ4v) is 2.25. The van der Waals surface area contributed by atoms with Crippen LogP contribution in [0.4, 0.5) is 0 Å². The summed E-state index contributed by atoms with van der Waals surface area (Å²) in [5.74, 6) is -0.563.